The Bertz CT molecular complexity index is 444. The molecule has 92 valence electrons. The summed E-state index contributed by atoms with van der Waals surface area (Å²) >= 11 is 0. The van der Waals surface area contributed by atoms with Crippen molar-refractivity contribution in [1.29, 1.82) is 0 Å². The molecule has 0 aromatic carbocycles. The molecule has 1 aromatic rings. The van der Waals surface area contributed by atoms with Gasteiger partial charge in [-0.25, -0.2) is 0 Å². The highest BCUT2D eigenvalue weighted by Gasteiger charge is 2.32. The number of hydrogen-bond acceptors (Lipinski definition) is 3. The summed E-state index contributed by atoms with van der Waals surface area (Å²) < 4.78 is 0. The van der Waals surface area contributed by atoms with E-state index in [0.29, 0.717) is 5.56 Å². The number of pyridine rings is 1. The summed E-state index contributed by atoms with van der Waals surface area (Å²) in [7, 11) is 0. The normalized spacial score (nSPS) is 24.1. The maximum Gasteiger partial charge on any atom is 0.255 e. The number of aromatic nitrogens is 1. The zero-order valence-corrected chi connectivity index (χ0v) is 10.6. The average molecular weight is 233 g/mol. The topological polar surface area (TPSA) is 59.2 Å². The van der Waals surface area contributed by atoms with E-state index in [9.17, 15) is 4.79 Å². The second kappa shape index (κ2) is 4.45. The van der Waals surface area contributed by atoms with E-state index in [1.54, 1.807) is 0 Å². The molecular weight excluding hydrogens is 214 g/mol. The quantitative estimate of drug-likeness (QED) is 0.794. The predicted octanol–water partition coefficient (Wildman–Crippen LogP) is 1.26. The van der Waals surface area contributed by atoms with Gasteiger partial charge in [-0.1, -0.05) is 0 Å². The van der Waals surface area contributed by atoms with Crippen molar-refractivity contribution in [3.8, 4) is 0 Å². The second-order valence-electron chi connectivity index (χ2n) is 4.78. The van der Waals surface area contributed by atoms with Crippen LogP contribution in [0.1, 0.15) is 35.1 Å². The highest BCUT2D eigenvalue weighted by atomic mass is 16.2. The van der Waals surface area contributed by atoms with Gasteiger partial charge in [0.15, 0.2) is 0 Å². The molecule has 1 fully saturated rings. The number of amides is 1. The lowest BCUT2D eigenvalue weighted by Gasteiger charge is -2.23. The molecule has 2 atom stereocenters. The Morgan fingerprint density at radius 3 is 2.71 bits per heavy atom. The second-order valence-corrected chi connectivity index (χ2v) is 4.78. The minimum atomic E-state index is 0.0513. The van der Waals surface area contributed by atoms with Crippen LogP contribution in [0.4, 0.5) is 0 Å². The van der Waals surface area contributed by atoms with Gasteiger partial charge in [-0.15, -0.1) is 0 Å². The van der Waals surface area contributed by atoms with Crippen LogP contribution in [0.2, 0.25) is 0 Å². The number of aryl methyl sites for hydroxylation is 2. The SMILES string of the molecule is Cc1ccc(C(=O)N2CCC(N)C2C)c(C)n1. The van der Waals surface area contributed by atoms with Crippen LogP contribution in [0.25, 0.3) is 0 Å². The van der Waals surface area contributed by atoms with Gasteiger partial charge in [0.25, 0.3) is 5.91 Å². The van der Waals surface area contributed by atoms with E-state index in [0.717, 1.165) is 24.4 Å². The summed E-state index contributed by atoms with van der Waals surface area (Å²) in [6.07, 6.45) is 0.880. The van der Waals surface area contributed by atoms with E-state index >= 15 is 0 Å². The molecule has 17 heavy (non-hydrogen) atoms. The van der Waals surface area contributed by atoms with Gasteiger partial charge in [-0.3, -0.25) is 9.78 Å². The van der Waals surface area contributed by atoms with E-state index in [-0.39, 0.29) is 18.0 Å². The van der Waals surface area contributed by atoms with Crippen molar-refractivity contribution in [3.63, 3.8) is 0 Å². The fourth-order valence-electron chi connectivity index (χ4n) is 2.32. The maximum atomic E-state index is 12.4. The van der Waals surface area contributed by atoms with Crippen LogP contribution in [-0.4, -0.2) is 34.4 Å². The Morgan fingerprint density at radius 2 is 2.18 bits per heavy atom. The van der Waals surface area contributed by atoms with E-state index in [4.69, 9.17) is 5.73 Å². The summed E-state index contributed by atoms with van der Waals surface area (Å²) in [5.41, 5.74) is 8.36. The molecule has 1 aliphatic rings. The summed E-state index contributed by atoms with van der Waals surface area (Å²) in [4.78, 5) is 18.5. The van der Waals surface area contributed by atoms with E-state index < -0.39 is 0 Å². The van der Waals surface area contributed by atoms with Gasteiger partial charge in [0, 0.05) is 24.3 Å². The number of likely N-dealkylation sites (tertiary alicyclic amines) is 1. The molecule has 2 rings (SSSR count). The number of carbonyl (C=O) groups excluding carboxylic acids is 1. The Hall–Kier alpha value is -1.42. The Balaban J connectivity index is 2.26. The van der Waals surface area contributed by atoms with Crippen LogP contribution < -0.4 is 5.73 Å². The summed E-state index contributed by atoms with van der Waals surface area (Å²) in [6, 6.07) is 3.94. The largest absolute Gasteiger partial charge is 0.334 e. The van der Waals surface area contributed by atoms with Crippen LogP contribution in [0.15, 0.2) is 12.1 Å². The standard InChI is InChI=1S/C13H19N3O/c1-8-4-5-11(9(2)15-8)13(17)16-7-6-12(14)10(16)3/h4-5,10,12H,6-7,14H2,1-3H3. The monoisotopic (exact) mass is 233 g/mol. The molecule has 2 heterocycles. The average Bonchev–Trinajstić information content (AvgIpc) is 2.59. The number of rotatable bonds is 1. The molecular formula is C13H19N3O. The molecule has 1 aromatic heterocycles. The molecule has 1 saturated heterocycles. The molecule has 2 unspecified atom stereocenters. The van der Waals surface area contributed by atoms with Crippen molar-refractivity contribution >= 4 is 5.91 Å². The van der Waals surface area contributed by atoms with Crippen LogP contribution in [-0.2, 0) is 0 Å². The smallest absolute Gasteiger partial charge is 0.255 e. The van der Waals surface area contributed by atoms with Gasteiger partial charge >= 0.3 is 0 Å². The van der Waals surface area contributed by atoms with Gasteiger partial charge < -0.3 is 10.6 Å². The molecule has 0 bridgehead atoms. The number of nitrogens with two attached hydrogens (primary N) is 1. The minimum absolute atomic E-state index is 0.0513. The lowest BCUT2D eigenvalue weighted by molar-refractivity contribution is 0.0741. The zero-order valence-electron chi connectivity index (χ0n) is 10.6. The first-order valence-electron chi connectivity index (χ1n) is 6.01. The van der Waals surface area contributed by atoms with Crippen molar-refractivity contribution in [2.75, 3.05) is 6.54 Å². The van der Waals surface area contributed by atoms with Gasteiger partial charge in [-0.2, -0.15) is 0 Å². The van der Waals surface area contributed by atoms with Crippen molar-refractivity contribution in [2.45, 2.75) is 39.3 Å². The molecule has 0 saturated carbocycles. The molecule has 4 nitrogen and oxygen atoms in total. The molecule has 0 radical (unpaired) electrons. The van der Waals surface area contributed by atoms with Gasteiger partial charge in [0.05, 0.1) is 11.3 Å². The highest BCUT2D eigenvalue weighted by Crippen LogP contribution is 2.20. The number of nitrogens with zero attached hydrogens (tertiary/aromatic N) is 2. The molecule has 4 heteroatoms. The van der Waals surface area contributed by atoms with E-state index in [2.05, 4.69) is 4.98 Å². The summed E-state index contributed by atoms with van der Waals surface area (Å²) in [5, 5.41) is 0. The Kier molecular flexibility index (Phi) is 3.15. The third kappa shape index (κ3) is 2.17. The highest BCUT2D eigenvalue weighted by molar-refractivity contribution is 5.95. The van der Waals surface area contributed by atoms with Crippen molar-refractivity contribution in [1.82, 2.24) is 9.88 Å². The summed E-state index contributed by atoms with van der Waals surface area (Å²) in [5.74, 6) is 0.0513. The molecule has 1 aliphatic heterocycles. The van der Waals surface area contributed by atoms with Crippen LogP contribution in [0.5, 0.6) is 0 Å². The summed E-state index contributed by atoms with van der Waals surface area (Å²) in [6.45, 7) is 6.55. The third-order valence-electron chi connectivity index (χ3n) is 3.53. The lowest BCUT2D eigenvalue weighted by atomic mass is 10.1. The molecule has 1 amide bonds. The Morgan fingerprint density at radius 1 is 1.47 bits per heavy atom. The number of hydrogen-bond donors (Lipinski definition) is 1. The van der Waals surface area contributed by atoms with Crippen LogP contribution in [0.3, 0.4) is 0 Å². The van der Waals surface area contributed by atoms with Gasteiger partial charge in [0.1, 0.15) is 0 Å². The van der Waals surface area contributed by atoms with Crippen LogP contribution >= 0.6 is 0 Å². The van der Waals surface area contributed by atoms with Crippen molar-refractivity contribution in [2.24, 2.45) is 5.73 Å². The van der Waals surface area contributed by atoms with E-state index in [1.165, 1.54) is 0 Å². The van der Waals surface area contributed by atoms with Gasteiger partial charge in [0.2, 0.25) is 0 Å². The molecule has 0 aliphatic carbocycles. The fourth-order valence-corrected chi connectivity index (χ4v) is 2.32. The molecule has 0 spiro atoms. The molecule has 2 N–H and O–H groups in total. The Labute approximate surface area is 102 Å². The maximum absolute atomic E-state index is 12.4. The first-order valence-corrected chi connectivity index (χ1v) is 6.01. The van der Waals surface area contributed by atoms with Gasteiger partial charge in [-0.05, 0) is 39.3 Å². The number of carbonyl (C=O) groups is 1. The van der Waals surface area contributed by atoms with Crippen LogP contribution in [0, 0.1) is 13.8 Å². The predicted molar refractivity (Wildman–Crippen MR) is 66.8 cm³/mol. The first-order chi connectivity index (χ1) is 8.00. The zero-order chi connectivity index (χ0) is 12.6. The van der Waals surface area contributed by atoms with Crippen molar-refractivity contribution in [3.05, 3.63) is 29.1 Å². The fraction of sp³-hybridized carbons (Fsp3) is 0.538. The first kappa shape index (κ1) is 12.0. The van der Waals surface area contributed by atoms with E-state index in [1.807, 2.05) is 37.8 Å². The third-order valence-corrected chi connectivity index (χ3v) is 3.53. The minimum Gasteiger partial charge on any atom is -0.334 e. The lowest BCUT2D eigenvalue weighted by Crippen LogP contribution is -2.40. The van der Waals surface area contributed by atoms with Crippen molar-refractivity contribution < 1.29 is 4.79 Å².